The molecule has 2 aromatic carbocycles. The summed E-state index contributed by atoms with van der Waals surface area (Å²) in [5.41, 5.74) is 2.18. The van der Waals surface area contributed by atoms with Gasteiger partial charge in [-0.25, -0.2) is 8.42 Å². The van der Waals surface area contributed by atoms with E-state index < -0.39 is 10.0 Å². The molecule has 0 bridgehead atoms. The Kier molecular flexibility index (Phi) is 6.78. The minimum Gasteiger partial charge on any atom is -0.362 e. The molecule has 2 rings (SSSR count). The maximum atomic E-state index is 12.5. The molecule has 0 radical (unpaired) electrons. The van der Waals surface area contributed by atoms with Crippen molar-refractivity contribution in [3.63, 3.8) is 0 Å². The number of hydrogen-bond acceptors (Lipinski definition) is 3. The highest BCUT2D eigenvalue weighted by atomic mass is 32.2. The van der Waals surface area contributed by atoms with Gasteiger partial charge in [-0.1, -0.05) is 31.5 Å². The topological polar surface area (TPSA) is 70.2 Å². The van der Waals surface area contributed by atoms with Gasteiger partial charge in [-0.2, -0.15) is 0 Å². The van der Waals surface area contributed by atoms with E-state index in [0.717, 1.165) is 30.6 Å². The van der Waals surface area contributed by atoms with Crippen LogP contribution in [0.1, 0.15) is 25.3 Å². The summed E-state index contributed by atoms with van der Waals surface area (Å²) < 4.78 is 27.6. The van der Waals surface area contributed by atoms with Crippen LogP contribution in [0.15, 0.2) is 53.4 Å². The van der Waals surface area contributed by atoms with Gasteiger partial charge < -0.3 is 10.6 Å². The van der Waals surface area contributed by atoms with Crippen molar-refractivity contribution in [2.45, 2.75) is 31.6 Å². The van der Waals surface area contributed by atoms with Crippen LogP contribution in [-0.2, 0) is 10.0 Å². The highest BCUT2D eigenvalue weighted by Crippen LogP contribution is 2.20. The zero-order valence-corrected chi connectivity index (χ0v) is 16.0. The van der Waals surface area contributed by atoms with Crippen LogP contribution in [0.25, 0.3) is 0 Å². The van der Waals surface area contributed by atoms with Crippen LogP contribution in [0.2, 0.25) is 0 Å². The molecule has 0 heterocycles. The number of thiocarbonyl (C=S) groups is 1. The van der Waals surface area contributed by atoms with Crippen molar-refractivity contribution < 1.29 is 8.42 Å². The van der Waals surface area contributed by atoms with Crippen LogP contribution in [0.3, 0.4) is 0 Å². The average Bonchev–Trinajstić information content (AvgIpc) is 2.57. The molecule has 7 heteroatoms. The molecule has 0 unspecified atom stereocenters. The van der Waals surface area contributed by atoms with Gasteiger partial charge in [0.25, 0.3) is 10.0 Å². The molecule has 2 aromatic rings. The lowest BCUT2D eigenvalue weighted by Crippen LogP contribution is -2.29. The first-order valence-corrected chi connectivity index (χ1v) is 10.0. The predicted molar refractivity (Wildman–Crippen MR) is 108 cm³/mol. The van der Waals surface area contributed by atoms with Gasteiger partial charge in [-0.3, -0.25) is 4.72 Å². The molecule has 0 atom stereocenters. The largest absolute Gasteiger partial charge is 0.362 e. The molecular weight excluding hydrogens is 354 g/mol. The van der Waals surface area contributed by atoms with E-state index in [-0.39, 0.29) is 4.90 Å². The summed E-state index contributed by atoms with van der Waals surface area (Å²) >= 11 is 5.20. The summed E-state index contributed by atoms with van der Waals surface area (Å²) in [6.07, 6.45) is 2.14. The van der Waals surface area contributed by atoms with E-state index in [1.165, 1.54) is 0 Å². The highest BCUT2D eigenvalue weighted by Gasteiger charge is 2.15. The van der Waals surface area contributed by atoms with Crippen molar-refractivity contribution >= 4 is 38.7 Å². The normalized spacial score (nSPS) is 11.0. The third kappa shape index (κ3) is 5.72. The number of unbranched alkanes of at least 4 members (excludes halogenated alkanes) is 1. The molecule has 0 saturated heterocycles. The van der Waals surface area contributed by atoms with Crippen LogP contribution in [0, 0.1) is 6.92 Å². The van der Waals surface area contributed by atoms with E-state index >= 15 is 0 Å². The SMILES string of the molecule is CCCCNC(=S)Nc1ccc(S(=O)(=O)Nc2ccccc2C)cc1. The van der Waals surface area contributed by atoms with Crippen molar-refractivity contribution in [1.82, 2.24) is 5.32 Å². The molecule has 0 fully saturated rings. The lowest BCUT2D eigenvalue weighted by molar-refractivity contribution is 0.601. The number of hydrogen-bond donors (Lipinski definition) is 3. The van der Waals surface area contributed by atoms with E-state index in [2.05, 4.69) is 22.3 Å². The Hall–Kier alpha value is -2.12. The van der Waals surface area contributed by atoms with Crippen molar-refractivity contribution in [3.05, 3.63) is 54.1 Å². The highest BCUT2D eigenvalue weighted by molar-refractivity contribution is 7.92. The van der Waals surface area contributed by atoms with Crippen molar-refractivity contribution in [3.8, 4) is 0 Å². The molecule has 5 nitrogen and oxygen atoms in total. The number of para-hydroxylation sites is 1. The Morgan fingerprint density at radius 1 is 1.08 bits per heavy atom. The fourth-order valence-electron chi connectivity index (χ4n) is 2.16. The Labute approximate surface area is 154 Å². The first-order valence-electron chi connectivity index (χ1n) is 8.16. The summed E-state index contributed by atoms with van der Waals surface area (Å²) in [6, 6.07) is 13.8. The Balaban J connectivity index is 2.03. The standard InChI is InChI=1S/C18H23N3O2S2/c1-3-4-13-19-18(24)20-15-9-11-16(12-10-15)25(22,23)21-17-8-6-5-7-14(17)2/h5-12,21H,3-4,13H2,1-2H3,(H2,19,20,24). The van der Waals surface area contributed by atoms with Gasteiger partial charge in [-0.05, 0) is 61.5 Å². The van der Waals surface area contributed by atoms with Crippen LogP contribution in [0.4, 0.5) is 11.4 Å². The molecule has 0 aliphatic carbocycles. The first-order chi connectivity index (χ1) is 11.9. The second-order valence-corrected chi connectivity index (χ2v) is 7.77. The summed E-state index contributed by atoms with van der Waals surface area (Å²) in [5.74, 6) is 0. The van der Waals surface area contributed by atoms with Crippen LogP contribution >= 0.6 is 12.2 Å². The zero-order valence-electron chi connectivity index (χ0n) is 14.4. The summed E-state index contributed by atoms with van der Waals surface area (Å²) in [6.45, 7) is 4.79. The lowest BCUT2D eigenvalue weighted by Gasteiger charge is -2.12. The molecule has 0 amide bonds. The monoisotopic (exact) mass is 377 g/mol. The van der Waals surface area contributed by atoms with Crippen LogP contribution < -0.4 is 15.4 Å². The third-order valence-electron chi connectivity index (χ3n) is 3.63. The quantitative estimate of drug-likeness (QED) is 0.504. The van der Waals surface area contributed by atoms with Gasteiger partial charge in [0.2, 0.25) is 0 Å². The predicted octanol–water partition coefficient (Wildman–Crippen LogP) is 3.88. The molecular formula is C18H23N3O2S2. The fourth-order valence-corrected chi connectivity index (χ4v) is 3.51. The van der Waals surface area contributed by atoms with Gasteiger partial charge in [0.15, 0.2) is 5.11 Å². The average molecular weight is 378 g/mol. The summed E-state index contributed by atoms with van der Waals surface area (Å²) in [4.78, 5) is 0.200. The number of aryl methyl sites for hydroxylation is 1. The van der Waals surface area contributed by atoms with E-state index in [4.69, 9.17) is 12.2 Å². The maximum absolute atomic E-state index is 12.5. The molecule has 0 aliphatic rings. The first kappa shape index (κ1) is 19.2. The van der Waals surface area contributed by atoms with E-state index in [9.17, 15) is 8.42 Å². The summed E-state index contributed by atoms with van der Waals surface area (Å²) in [7, 11) is -3.62. The van der Waals surface area contributed by atoms with E-state index in [1.54, 1.807) is 36.4 Å². The van der Waals surface area contributed by atoms with Crippen molar-refractivity contribution in [2.24, 2.45) is 0 Å². The van der Waals surface area contributed by atoms with Gasteiger partial charge in [0, 0.05) is 12.2 Å². The molecule has 0 aliphatic heterocycles. The minimum atomic E-state index is -3.62. The van der Waals surface area contributed by atoms with Gasteiger partial charge in [0.05, 0.1) is 10.6 Å². The molecule has 0 saturated carbocycles. The van der Waals surface area contributed by atoms with Crippen molar-refractivity contribution in [1.29, 1.82) is 0 Å². The van der Waals surface area contributed by atoms with E-state index in [1.807, 2.05) is 19.1 Å². The zero-order chi connectivity index (χ0) is 18.3. The maximum Gasteiger partial charge on any atom is 0.261 e. The minimum absolute atomic E-state index is 0.200. The Morgan fingerprint density at radius 3 is 2.40 bits per heavy atom. The third-order valence-corrected chi connectivity index (χ3v) is 5.26. The molecule has 0 aromatic heterocycles. The van der Waals surface area contributed by atoms with Gasteiger partial charge in [-0.15, -0.1) is 0 Å². The molecule has 25 heavy (non-hydrogen) atoms. The number of benzene rings is 2. The molecule has 0 spiro atoms. The smallest absolute Gasteiger partial charge is 0.261 e. The summed E-state index contributed by atoms with van der Waals surface area (Å²) in [5, 5.41) is 6.68. The lowest BCUT2D eigenvalue weighted by atomic mass is 10.2. The van der Waals surface area contributed by atoms with Gasteiger partial charge in [0.1, 0.15) is 0 Å². The second kappa shape index (κ2) is 8.82. The van der Waals surface area contributed by atoms with Gasteiger partial charge >= 0.3 is 0 Å². The Morgan fingerprint density at radius 2 is 1.76 bits per heavy atom. The Bertz CT molecular complexity index is 818. The molecule has 3 N–H and O–H groups in total. The number of anilines is 2. The fraction of sp³-hybridized carbons (Fsp3) is 0.278. The van der Waals surface area contributed by atoms with Crippen molar-refractivity contribution in [2.75, 3.05) is 16.6 Å². The van der Waals surface area contributed by atoms with Crippen LogP contribution in [0.5, 0.6) is 0 Å². The number of rotatable bonds is 7. The van der Waals surface area contributed by atoms with Crippen LogP contribution in [-0.4, -0.2) is 20.1 Å². The molecule has 134 valence electrons. The number of nitrogens with one attached hydrogen (secondary N) is 3. The van der Waals surface area contributed by atoms with E-state index in [0.29, 0.717) is 10.8 Å². The second-order valence-electron chi connectivity index (χ2n) is 5.68. The number of sulfonamides is 1.